The Bertz CT molecular complexity index is 578. The van der Waals surface area contributed by atoms with Gasteiger partial charge in [-0.1, -0.05) is 28.8 Å². The number of rotatable bonds is 10. The Hall–Kier alpha value is -1.93. The summed E-state index contributed by atoms with van der Waals surface area (Å²) in [6, 6.07) is 5.48. The summed E-state index contributed by atoms with van der Waals surface area (Å²) < 4.78 is 5.99. The molecule has 0 aliphatic carbocycles. The fourth-order valence-corrected chi connectivity index (χ4v) is 2.31. The highest BCUT2D eigenvalue weighted by Crippen LogP contribution is 2.20. The number of carbonyl (C=O) groups excluding carboxylic acids is 2. The smallest absolute Gasteiger partial charge is 0.243 e. The van der Waals surface area contributed by atoms with Gasteiger partial charge in [0.1, 0.15) is 5.75 Å². The molecule has 0 unspecified atom stereocenters. The Balaban J connectivity index is 2.23. The average Bonchev–Trinajstić information content (AvgIpc) is 2.59. The molecule has 0 aromatic heterocycles. The van der Waals surface area contributed by atoms with Gasteiger partial charge in [-0.3, -0.25) is 14.8 Å². The molecule has 0 spiro atoms. The third-order valence-corrected chi connectivity index (χ3v) is 4.00. The Morgan fingerprint density at radius 1 is 1.21 bits per heavy atom. The predicted molar refractivity (Wildman–Crippen MR) is 94.1 cm³/mol. The summed E-state index contributed by atoms with van der Waals surface area (Å²) in [6.07, 6.45) is 5.32. The monoisotopic (exact) mass is 399 g/mol. The van der Waals surface area contributed by atoms with Crippen LogP contribution in [0.1, 0.15) is 44.1 Å². The summed E-state index contributed by atoms with van der Waals surface area (Å²) in [7, 11) is 1.59. The van der Waals surface area contributed by atoms with Crippen molar-refractivity contribution in [3.05, 3.63) is 28.2 Å². The summed E-state index contributed by atoms with van der Waals surface area (Å²) in [5.74, 6) is 0.171. The normalized spacial score (nSPS) is 10.6. The highest BCUT2D eigenvalue weighted by Gasteiger charge is 2.02. The second-order valence-electron chi connectivity index (χ2n) is 5.13. The van der Waals surface area contributed by atoms with E-state index in [9.17, 15) is 9.59 Å². The maximum Gasteiger partial charge on any atom is 0.243 e. The molecule has 3 N–H and O–H groups in total. The van der Waals surface area contributed by atoms with E-state index < -0.39 is 0 Å². The van der Waals surface area contributed by atoms with Crippen LogP contribution in [-0.4, -0.2) is 30.3 Å². The van der Waals surface area contributed by atoms with Gasteiger partial charge in [-0.05, 0) is 31.0 Å². The fourth-order valence-electron chi connectivity index (χ4n) is 1.96. The van der Waals surface area contributed by atoms with Crippen LogP contribution in [0.2, 0.25) is 0 Å². The number of halogens is 1. The zero-order valence-corrected chi connectivity index (χ0v) is 15.1. The van der Waals surface area contributed by atoms with Crippen molar-refractivity contribution in [3.8, 4) is 5.75 Å². The number of nitrogens with zero attached hydrogens (tertiary/aromatic N) is 1. The number of hydrazone groups is 1. The van der Waals surface area contributed by atoms with Gasteiger partial charge in [0.2, 0.25) is 11.8 Å². The number of benzene rings is 1. The molecule has 0 bridgehead atoms. The summed E-state index contributed by atoms with van der Waals surface area (Å²) >= 11 is 3.40. The van der Waals surface area contributed by atoms with Crippen LogP contribution >= 0.6 is 15.9 Å². The van der Waals surface area contributed by atoms with E-state index in [4.69, 9.17) is 9.94 Å². The third kappa shape index (κ3) is 8.07. The van der Waals surface area contributed by atoms with Gasteiger partial charge in [-0.2, -0.15) is 5.10 Å². The number of hydrogen-bond acceptors (Lipinski definition) is 5. The first-order valence-corrected chi connectivity index (χ1v) is 8.44. The number of amides is 2. The molecule has 0 fully saturated rings. The van der Waals surface area contributed by atoms with Gasteiger partial charge in [0.05, 0.1) is 13.3 Å². The minimum absolute atomic E-state index is 0.154. The van der Waals surface area contributed by atoms with Crippen molar-refractivity contribution in [3.63, 3.8) is 0 Å². The summed E-state index contributed by atoms with van der Waals surface area (Å²) in [4.78, 5) is 22.5. The van der Waals surface area contributed by atoms with Gasteiger partial charge in [0.25, 0.3) is 0 Å². The second kappa shape index (κ2) is 11.6. The van der Waals surface area contributed by atoms with Crippen LogP contribution in [0.25, 0.3) is 0 Å². The topological polar surface area (TPSA) is 100 Å². The van der Waals surface area contributed by atoms with Gasteiger partial charge in [0.15, 0.2) is 0 Å². The first-order valence-electron chi connectivity index (χ1n) is 7.65. The van der Waals surface area contributed by atoms with E-state index in [0.717, 1.165) is 29.3 Å². The molecule has 0 atom stereocenters. The van der Waals surface area contributed by atoms with Crippen LogP contribution in [0.3, 0.4) is 0 Å². The van der Waals surface area contributed by atoms with Crippen molar-refractivity contribution in [2.24, 2.45) is 5.10 Å². The zero-order chi connectivity index (χ0) is 17.8. The van der Waals surface area contributed by atoms with Gasteiger partial charge < -0.3 is 4.74 Å². The number of ether oxygens (including phenoxy) is 1. The van der Waals surface area contributed by atoms with E-state index in [1.165, 1.54) is 0 Å². The lowest BCUT2D eigenvalue weighted by atomic mass is 10.1. The number of hydroxylamine groups is 1. The maximum absolute atomic E-state index is 11.7. The van der Waals surface area contributed by atoms with Crippen molar-refractivity contribution >= 4 is 34.0 Å². The molecule has 24 heavy (non-hydrogen) atoms. The van der Waals surface area contributed by atoms with Crippen LogP contribution in [0.4, 0.5) is 0 Å². The van der Waals surface area contributed by atoms with Crippen molar-refractivity contribution in [1.82, 2.24) is 10.9 Å². The highest BCUT2D eigenvalue weighted by atomic mass is 79.9. The van der Waals surface area contributed by atoms with Crippen LogP contribution in [0.5, 0.6) is 5.75 Å². The molecule has 0 heterocycles. The number of unbranched alkanes of at least 4 members (excludes halogenated alkanes) is 3. The van der Waals surface area contributed by atoms with E-state index in [1.54, 1.807) is 18.8 Å². The molecule has 0 radical (unpaired) electrons. The molecular formula is C16H22BrN3O4. The molecule has 0 aliphatic heterocycles. The average molecular weight is 400 g/mol. The number of carbonyl (C=O) groups is 2. The Kier molecular flexibility index (Phi) is 9.71. The predicted octanol–water partition coefficient (Wildman–Crippen LogP) is 2.75. The van der Waals surface area contributed by atoms with Crippen LogP contribution in [0.15, 0.2) is 27.8 Å². The Morgan fingerprint density at radius 2 is 1.88 bits per heavy atom. The minimum atomic E-state index is -0.384. The maximum atomic E-state index is 11.7. The summed E-state index contributed by atoms with van der Waals surface area (Å²) in [5.41, 5.74) is 4.88. The lowest BCUT2D eigenvalue weighted by Crippen LogP contribution is -2.18. The number of methoxy groups -OCH3 is 1. The lowest BCUT2D eigenvalue weighted by molar-refractivity contribution is -0.129. The Labute approximate surface area is 149 Å². The summed E-state index contributed by atoms with van der Waals surface area (Å²) in [5, 5.41) is 12.3. The number of nitrogens with one attached hydrogen (secondary N) is 2. The van der Waals surface area contributed by atoms with Crippen LogP contribution in [0, 0.1) is 0 Å². The zero-order valence-electron chi connectivity index (χ0n) is 13.5. The molecule has 132 valence electrons. The van der Waals surface area contributed by atoms with E-state index in [0.29, 0.717) is 25.0 Å². The molecule has 0 saturated carbocycles. The van der Waals surface area contributed by atoms with Gasteiger partial charge in [0, 0.05) is 22.9 Å². The summed E-state index contributed by atoms with van der Waals surface area (Å²) in [6.45, 7) is 0. The lowest BCUT2D eigenvalue weighted by Gasteiger charge is -2.03. The van der Waals surface area contributed by atoms with Gasteiger partial charge >= 0.3 is 0 Å². The fraction of sp³-hybridized carbons (Fsp3) is 0.438. The van der Waals surface area contributed by atoms with Gasteiger partial charge in [-0.15, -0.1) is 0 Å². The first-order chi connectivity index (χ1) is 11.6. The molecule has 2 amide bonds. The standard InChI is InChI=1S/C16H22BrN3O4/c1-24-13-8-9-14(17)12(10-13)11-18-19-15(21)6-4-2-3-5-7-16(22)20-23/h8-11,23H,2-7H2,1H3,(H,19,21)(H,20,22). The molecule has 1 aromatic carbocycles. The van der Waals surface area contributed by atoms with Crippen LogP contribution < -0.4 is 15.6 Å². The van der Waals surface area contributed by atoms with E-state index >= 15 is 0 Å². The van der Waals surface area contributed by atoms with Crippen molar-refractivity contribution in [2.45, 2.75) is 38.5 Å². The minimum Gasteiger partial charge on any atom is -0.497 e. The molecule has 0 aliphatic rings. The van der Waals surface area contributed by atoms with Crippen molar-refractivity contribution in [1.29, 1.82) is 0 Å². The van der Waals surface area contributed by atoms with Crippen LogP contribution in [-0.2, 0) is 9.59 Å². The molecule has 1 rings (SSSR count). The second-order valence-corrected chi connectivity index (χ2v) is 5.98. The van der Waals surface area contributed by atoms with E-state index in [1.807, 2.05) is 18.2 Å². The van der Waals surface area contributed by atoms with E-state index in [2.05, 4.69) is 26.5 Å². The van der Waals surface area contributed by atoms with E-state index in [-0.39, 0.29) is 11.8 Å². The highest BCUT2D eigenvalue weighted by molar-refractivity contribution is 9.10. The SMILES string of the molecule is COc1ccc(Br)c(C=NNC(=O)CCCCCCC(=O)NO)c1. The molecular weight excluding hydrogens is 378 g/mol. The van der Waals surface area contributed by atoms with Crippen molar-refractivity contribution in [2.75, 3.05) is 7.11 Å². The first kappa shape index (κ1) is 20.1. The molecule has 0 saturated heterocycles. The molecule has 1 aromatic rings. The third-order valence-electron chi connectivity index (χ3n) is 3.28. The quantitative estimate of drug-likeness (QED) is 0.243. The van der Waals surface area contributed by atoms with Crippen molar-refractivity contribution < 1.29 is 19.5 Å². The van der Waals surface area contributed by atoms with Gasteiger partial charge in [-0.25, -0.2) is 10.9 Å². The Morgan fingerprint density at radius 3 is 2.50 bits per heavy atom. The largest absolute Gasteiger partial charge is 0.497 e. The molecule has 7 nitrogen and oxygen atoms in total. The molecule has 8 heteroatoms. The number of hydrogen-bond donors (Lipinski definition) is 3.